The Morgan fingerprint density at radius 3 is 2.02 bits per heavy atom. The number of hydrogen-bond acceptors (Lipinski definition) is 8. The molecule has 42 heavy (non-hydrogen) atoms. The highest BCUT2D eigenvalue weighted by molar-refractivity contribution is 5.66. The largest absolute Gasteiger partial charge is 0.382 e. The molecule has 1 aliphatic heterocycles. The van der Waals surface area contributed by atoms with Crippen molar-refractivity contribution in [3.63, 3.8) is 0 Å². The van der Waals surface area contributed by atoms with Gasteiger partial charge in [0.15, 0.2) is 5.82 Å². The second-order valence-corrected chi connectivity index (χ2v) is 10.1. The Balaban J connectivity index is 1.37. The van der Waals surface area contributed by atoms with Crippen molar-refractivity contribution in [1.82, 2.24) is 14.6 Å². The number of benzene rings is 3. The number of anilines is 1. The van der Waals surface area contributed by atoms with Crippen molar-refractivity contribution in [2.75, 3.05) is 12.3 Å². The summed E-state index contributed by atoms with van der Waals surface area (Å²) in [7, 11) is 0. The lowest BCUT2D eigenvalue weighted by Gasteiger charge is -2.29. The van der Waals surface area contributed by atoms with Crippen LogP contribution in [0.1, 0.15) is 22.4 Å². The van der Waals surface area contributed by atoms with E-state index in [0.717, 1.165) is 16.7 Å². The molecule has 2 N–H and O–H groups in total. The zero-order valence-corrected chi connectivity index (χ0v) is 23.0. The fourth-order valence-corrected chi connectivity index (χ4v) is 5.32. The van der Waals surface area contributed by atoms with Crippen molar-refractivity contribution in [1.29, 1.82) is 5.26 Å². The number of rotatable bonds is 11. The van der Waals surface area contributed by atoms with Gasteiger partial charge in [-0.25, -0.2) is 9.50 Å². The van der Waals surface area contributed by atoms with Gasteiger partial charge in [-0.2, -0.15) is 10.4 Å². The van der Waals surface area contributed by atoms with E-state index in [1.807, 2.05) is 91.0 Å². The van der Waals surface area contributed by atoms with E-state index in [1.54, 1.807) is 16.6 Å². The Hall–Kier alpha value is -4.59. The quantitative estimate of drug-likeness (QED) is 0.244. The molecule has 0 bridgehead atoms. The Morgan fingerprint density at radius 2 is 1.40 bits per heavy atom. The number of aromatic nitrogens is 3. The second-order valence-electron chi connectivity index (χ2n) is 10.1. The molecular formula is C33H31N5O4. The molecule has 212 valence electrons. The summed E-state index contributed by atoms with van der Waals surface area (Å²) in [5.74, 6) is 0.295. The van der Waals surface area contributed by atoms with Crippen LogP contribution in [0.2, 0.25) is 0 Å². The molecule has 4 unspecified atom stereocenters. The Morgan fingerprint density at radius 1 is 0.810 bits per heavy atom. The third kappa shape index (κ3) is 5.62. The monoisotopic (exact) mass is 561 g/mol. The highest BCUT2D eigenvalue weighted by Gasteiger charge is 2.60. The van der Waals surface area contributed by atoms with Crippen LogP contribution in [0.15, 0.2) is 109 Å². The predicted octanol–water partition coefficient (Wildman–Crippen LogP) is 4.82. The van der Waals surface area contributed by atoms with Gasteiger partial charge in [0.1, 0.15) is 36.2 Å². The molecule has 1 aliphatic rings. The lowest BCUT2D eigenvalue weighted by molar-refractivity contribution is -0.0971. The molecule has 4 atom stereocenters. The molecule has 0 aliphatic carbocycles. The number of nitrogen functional groups attached to an aromatic ring is 1. The minimum Gasteiger partial charge on any atom is -0.382 e. The molecule has 6 rings (SSSR count). The number of nitrogens with two attached hydrogens (primary N) is 1. The minimum absolute atomic E-state index is 0.184. The van der Waals surface area contributed by atoms with Crippen LogP contribution in [0.25, 0.3) is 5.52 Å². The standard InChI is InChI=1S/C33H31N5O4/c34-22-33(29-17-16-27-32(35)36-23-37-38(27)29)31(41-20-26-14-8-3-9-15-26)30(40-19-25-12-6-2-7-13-25)28(42-33)21-39-18-24-10-4-1-5-11-24/h1-17,23,28,30-31H,18-21H2,(H2,35,36,37). The minimum atomic E-state index is -1.58. The van der Waals surface area contributed by atoms with Gasteiger partial charge >= 0.3 is 0 Å². The van der Waals surface area contributed by atoms with Gasteiger partial charge in [0.25, 0.3) is 0 Å². The van der Waals surface area contributed by atoms with Gasteiger partial charge in [-0.1, -0.05) is 91.0 Å². The summed E-state index contributed by atoms with van der Waals surface area (Å²) >= 11 is 0. The summed E-state index contributed by atoms with van der Waals surface area (Å²) in [6, 6.07) is 35.6. The third-order valence-electron chi connectivity index (χ3n) is 7.38. The van der Waals surface area contributed by atoms with E-state index in [-0.39, 0.29) is 13.2 Å². The van der Waals surface area contributed by atoms with E-state index >= 15 is 0 Å². The Labute approximate surface area is 244 Å². The van der Waals surface area contributed by atoms with Crippen molar-refractivity contribution in [2.24, 2.45) is 0 Å². The van der Waals surface area contributed by atoms with Gasteiger partial charge in [-0.05, 0) is 28.8 Å². The first-order chi connectivity index (χ1) is 20.7. The van der Waals surface area contributed by atoms with Crippen molar-refractivity contribution < 1.29 is 18.9 Å². The zero-order chi connectivity index (χ0) is 28.8. The van der Waals surface area contributed by atoms with Crippen molar-refractivity contribution >= 4 is 11.3 Å². The maximum atomic E-state index is 10.9. The SMILES string of the molecule is N#CC1(c2ccc3c(N)ncnn23)OC(COCc2ccccc2)C(OCc2ccccc2)C1OCc1ccccc1. The first-order valence-corrected chi connectivity index (χ1v) is 13.8. The van der Waals surface area contributed by atoms with Gasteiger partial charge in [-0.3, -0.25) is 0 Å². The Bertz CT molecular complexity index is 1640. The molecule has 0 saturated carbocycles. The lowest BCUT2D eigenvalue weighted by Crippen LogP contribution is -2.44. The van der Waals surface area contributed by atoms with Gasteiger partial charge in [0, 0.05) is 0 Å². The maximum absolute atomic E-state index is 10.9. The molecule has 9 heteroatoms. The fraction of sp³-hybridized carbons (Fsp3) is 0.242. The zero-order valence-electron chi connectivity index (χ0n) is 23.0. The van der Waals surface area contributed by atoms with E-state index in [4.69, 9.17) is 24.7 Å². The topological polar surface area (TPSA) is 117 Å². The van der Waals surface area contributed by atoms with Crippen molar-refractivity contribution in [3.05, 3.63) is 132 Å². The Kier molecular flexibility index (Phi) is 8.21. The van der Waals surface area contributed by atoms with Crippen molar-refractivity contribution in [3.8, 4) is 6.07 Å². The van der Waals surface area contributed by atoms with Gasteiger partial charge in [-0.15, -0.1) is 0 Å². The molecule has 0 spiro atoms. The number of ether oxygens (including phenoxy) is 4. The summed E-state index contributed by atoms with van der Waals surface area (Å²) in [5.41, 5.74) is 8.59. The molecule has 1 fully saturated rings. The number of hydrogen-bond donors (Lipinski definition) is 1. The summed E-state index contributed by atoms with van der Waals surface area (Å²) in [6.07, 6.45) is -0.738. The normalized spacial score (nSPS) is 21.8. The van der Waals surface area contributed by atoms with Crippen LogP contribution in [0.4, 0.5) is 5.82 Å². The fourth-order valence-electron chi connectivity index (χ4n) is 5.32. The lowest BCUT2D eigenvalue weighted by atomic mass is 9.92. The predicted molar refractivity (Wildman–Crippen MR) is 156 cm³/mol. The van der Waals surface area contributed by atoms with Crippen molar-refractivity contribution in [2.45, 2.75) is 43.7 Å². The molecule has 0 amide bonds. The molecule has 1 saturated heterocycles. The molecule has 9 nitrogen and oxygen atoms in total. The first-order valence-electron chi connectivity index (χ1n) is 13.8. The number of fused-ring (bicyclic) bond motifs is 1. The molecular weight excluding hydrogens is 530 g/mol. The van der Waals surface area contributed by atoms with Gasteiger partial charge < -0.3 is 24.7 Å². The molecule has 3 heterocycles. The van der Waals surface area contributed by atoms with Gasteiger partial charge in [0.2, 0.25) is 5.60 Å². The van der Waals surface area contributed by atoms with Crippen LogP contribution in [0.3, 0.4) is 0 Å². The maximum Gasteiger partial charge on any atom is 0.225 e. The van der Waals surface area contributed by atoms with E-state index in [0.29, 0.717) is 30.2 Å². The molecule has 0 radical (unpaired) electrons. The van der Waals surface area contributed by atoms with E-state index in [2.05, 4.69) is 16.2 Å². The van der Waals surface area contributed by atoms with Crippen LogP contribution < -0.4 is 5.73 Å². The van der Waals surface area contributed by atoms with Crippen LogP contribution in [0, 0.1) is 11.3 Å². The van der Waals surface area contributed by atoms with E-state index in [9.17, 15) is 5.26 Å². The van der Waals surface area contributed by atoms with Crippen LogP contribution >= 0.6 is 0 Å². The highest BCUT2D eigenvalue weighted by atomic mass is 16.6. The van der Waals surface area contributed by atoms with Crippen LogP contribution in [-0.4, -0.2) is 39.5 Å². The number of nitrogens with zero attached hydrogens (tertiary/aromatic N) is 4. The van der Waals surface area contributed by atoms with Gasteiger partial charge in [0.05, 0.1) is 32.1 Å². The average molecular weight is 562 g/mol. The summed E-state index contributed by atoms with van der Waals surface area (Å²) in [5, 5.41) is 15.3. The first kappa shape index (κ1) is 27.6. The number of nitriles is 1. The molecule has 3 aromatic carbocycles. The van der Waals surface area contributed by atoms with Crippen LogP contribution in [0.5, 0.6) is 0 Å². The molecule has 5 aromatic rings. The second kappa shape index (κ2) is 12.5. The smallest absolute Gasteiger partial charge is 0.225 e. The van der Waals surface area contributed by atoms with Crippen LogP contribution in [-0.2, 0) is 44.4 Å². The highest BCUT2D eigenvalue weighted by Crippen LogP contribution is 2.44. The average Bonchev–Trinajstić information content (AvgIpc) is 3.61. The van der Waals surface area contributed by atoms with E-state index < -0.39 is 23.9 Å². The molecule has 2 aromatic heterocycles. The summed E-state index contributed by atoms with van der Waals surface area (Å²) < 4.78 is 27.5. The summed E-state index contributed by atoms with van der Waals surface area (Å²) in [4.78, 5) is 4.10. The van der Waals surface area contributed by atoms with E-state index in [1.165, 1.54) is 6.33 Å². The third-order valence-corrected chi connectivity index (χ3v) is 7.38. The summed E-state index contributed by atoms with van der Waals surface area (Å²) in [6.45, 7) is 1.13.